The second-order valence-electron chi connectivity index (χ2n) is 4.11. The molecule has 0 bridgehead atoms. The molecule has 0 saturated heterocycles. The molecule has 0 aliphatic carbocycles. The first kappa shape index (κ1) is 14.8. The van der Waals surface area contributed by atoms with Gasteiger partial charge in [-0.1, -0.05) is 28.1 Å². The quantitative estimate of drug-likeness (QED) is 0.893. The summed E-state index contributed by atoms with van der Waals surface area (Å²) >= 11 is 3.24. The van der Waals surface area contributed by atoms with E-state index in [-0.39, 0.29) is 16.7 Å². The Bertz CT molecular complexity index is 766. The Kier molecular flexibility index (Phi) is 4.36. The van der Waals surface area contributed by atoms with Gasteiger partial charge in [0, 0.05) is 4.47 Å². The van der Waals surface area contributed by atoms with Gasteiger partial charge in [0.05, 0.1) is 22.4 Å². The van der Waals surface area contributed by atoms with Crippen LogP contribution in [0.1, 0.15) is 26.3 Å². The Morgan fingerprint density at radius 1 is 1.14 bits per heavy atom. The molecule has 0 unspecified atom stereocenters. The lowest BCUT2D eigenvalue weighted by Gasteiger charge is -2.09. The van der Waals surface area contributed by atoms with Crippen molar-refractivity contribution in [1.82, 2.24) is 0 Å². The fourth-order valence-corrected chi connectivity index (χ4v) is 2.14. The summed E-state index contributed by atoms with van der Waals surface area (Å²) in [5.41, 5.74) is 0.554. The van der Waals surface area contributed by atoms with E-state index in [1.165, 1.54) is 12.1 Å². The highest BCUT2D eigenvalue weighted by molar-refractivity contribution is 9.10. The molecule has 0 saturated carbocycles. The number of nitrogens with one attached hydrogen (secondary N) is 1. The molecule has 104 valence electrons. The molecule has 2 rings (SSSR count). The van der Waals surface area contributed by atoms with E-state index in [0.29, 0.717) is 10.2 Å². The Labute approximate surface area is 129 Å². The predicted octanol–water partition coefficient (Wildman–Crippen LogP) is 3.27. The SMILES string of the molecule is N#Cc1cc(Br)ccc1NC(=O)c1ccccc1C(=O)O. The molecule has 0 aliphatic heterocycles. The summed E-state index contributed by atoms with van der Waals surface area (Å²) in [7, 11) is 0. The van der Waals surface area contributed by atoms with Gasteiger partial charge in [0.15, 0.2) is 0 Å². The summed E-state index contributed by atoms with van der Waals surface area (Å²) in [4.78, 5) is 23.3. The van der Waals surface area contributed by atoms with E-state index in [4.69, 9.17) is 10.4 Å². The van der Waals surface area contributed by atoms with Gasteiger partial charge in [-0.15, -0.1) is 0 Å². The Morgan fingerprint density at radius 2 is 1.81 bits per heavy atom. The van der Waals surface area contributed by atoms with Gasteiger partial charge in [-0.3, -0.25) is 4.79 Å². The summed E-state index contributed by atoms with van der Waals surface area (Å²) in [6.45, 7) is 0. The van der Waals surface area contributed by atoms with Crippen LogP contribution in [0.4, 0.5) is 5.69 Å². The lowest BCUT2D eigenvalue weighted by molar-refractivity contribution is 0.0692. The lowest BCUT2D eigenvalue weighted by Crippen LogP contribution is -2.16. The van der Waals surface area contributed by atoms with E-state index in [9.17, 15) is 9.59 Å². The van der Waals surface area contributed by atoms with Crippen molar-refractivity contribution in [3.63, 3.8) is 0 Å². The smallest absolute Gasteiger partial charge is 0.336 e. The molecule has 2 N–H and O–H groups in total. The van der Waals surface area contributed by atoms with Crippen LogP contribution in [0.3, 0.4) is 0 Å². The molecule has 0 radical (unpaired) electrons. The maximum Gasteiger partial charge on any atom is 0.336 e. The second kappa shape index (κ2) is 6.20. The summed E-state index contributed by atoms with van der Waals surface area (Å²) in [6, 6.07) is 12.7. The normalized spacial score (nSPS) is 9.71. The van der Waals surface area contributed by atoms with Crippen LogP contribution in [-0.2, 0) is 0 Å². The summed E-state index contributed by atoms with van der Waals surface area (Å²) in [6.07, 6.45) is 0. The zero-order valence-corrected chi connectivity index (χ0v) is 12.2. The number of nitrogens with zero attached hydrogens (tertiary/aromatic N) is 1. The van der Waals surface area contributed by atoms with Crippen LogP contribution in [0.15, 0.2) is 46.9 Å². The number of halogens is 1. The number of hydrogen-bond acceptors (Lipinski definition) is 3. The number of hydrogen-bond donors (Lipinski definition) is 2. The second-order valence-corrected chi connectivity index (χ2v) is 5.02. The topological polar surface area (TPSA) is 90.2 Å². The Morgan fingerprint density at radius 3 is 2.43 bits per heavy atom. The third kappa shape index (κ3) is 3.27. The largest absolute Gasteiger partial charge is 0.478 e. The van der Waals surface area contributed by atoms with Crippen LogP contribution < -0.4 is 5.32 Å². The Balaban J connectivity index is 2.36. The van der Waals surface area contributed by atoms with Crippen LogP contribution >= 0.6 is 15.9 Å². The molecule has 0 heterocycles. The number of carbonyl (C=O) groups is 2. The van der Waals surface area contributed by atoms with Gasteiger partial charge in [0.2, 0.25) is 0 Å². The van der Waals surface area contributed by atoms with Crippen LogP contribution in [0, 0.1) is 11.3 Å². The number of carbonyl (C=O) groups excluding carboxylic acids is 1. The van der Waals surface area contributed by atoms with Gasteiger partial charge < -0.3 is 10.4 Å². The molecular weight excluding hydrogens is 336 g/mol. The standard InChI is InChI=1S/C15H9BrN2O3/c16-10-5-6-13(9(7-10)8-17)18-14(19)11-3-1-2-4-12(11)15(20)21/h1-7H,(H,18,19)(H,20,21). The van der Waals surface area contributed by atoms with Gasteiger partial charge in [-0.05, 0) is 30.3 Å². The molecule has 0 aliphatic rings. The van der Waals surface area contributed by atoms with Gasteiger partial charge >= 0.3 is 5.97 Å². The molecule has 0 atom stereocenters. The molecule has 5 nitrogen and oxygen atoms in total. The minimum Gasteiger partial charge on any atom is -0.478 e. The zero-order chi connectivity index (χ0) is 15.4. The van der Waals surface area contributed by atoms with Crippen molar-refractivity contribution in [1.29, 1.82) is 5.26 Å². The van der Waals surface area contributed by atoms with Crippen molar-refractivity contribution in [2.24, 2.45) is 0 Å². The number of carboxylic acids is 1. The lowest BCUT2D eigenvalue weighted by atomic mass is 10.1. The number of carboxylic acid groups (broad SMARTS) is 1. The van der Waals surface area contributed by atoms with Crippen LogP contribution in [-0.4, -0.2) is 17.0 Å². The summed E-state index contributed by atoms with van der Waals surface area (Å²) < 4.78 is 0.711. The van der Waals surface area contributed by atoms with E-state index in [1.54, 1.807) is 30.3 Å². The average Bonchev–Trinajstić information content (AvgIpc) is 2.48. The van der Waals surface area contributed by atoms with Crippen molar-refractivity contribution >= 4 is 33.5 Å². The van der Waals surface area contributed by atoms with E-state index >= 15 is 0 Å². The van der Waals surface area contributed by atoms with Gasteiger partial charge in [-0.2, -0.15) is 5.26 Å². The predicted molar refractivity (Wildman–Crippen MR) is 80.2 cm³/mol. The highest BCUT2D eigenvalue weighted by Gasteiger charge is 2.16. The first-order valence-corrected chi connectivity index (χ1v) is 6.65. The molecule has 2 aromatic rings. The number of amides is 1. The summed E-state index contributed by atoms with van der Waals surface area (Å²) in [5, 5.41) is 20.7. The van der Waals surface area contributed by atoms with E-state index < -0.39 is 11.9 Å². The number of anilines is 1. The minimum atomic E-state index is -1.18. The number of rotatable bonds is 3. The van der Waals surface area contributed by atoms with Crippen molar-refractivity contribution < 1.29 is 14.7 Å². The minimum absolute atomic E-state index is 0.0387. The van der Waals surface area contributed by atoms with Crippen LogP contribution in [0.2, 0.25) is 0 Å². The van der Waals surface area contributed by atoms with Crippen LogP contribution in [0.5, 0.6) is 0 Å². The molecule has 0 fully saturated rings. The third-order valence-electron chi connectivity index (χ3n) is 2.75. The third-order valence-corrected chi connectivity index (χ3v) is 3.25. The monoisotopic (exact) mass is 344 g/mol. The molecule has 0 spiro atoms. The molecule has 0 aromatic heterocycles. The fourth-order valence-electron chi connectivity index (χ4n) is 1.78. The number of benzene rings is 2. The first-order chi connectivity index (χ1) is 10.0. The summed E-state index contributed by atoms with van der Waals surface area (Å²) in [5.74, 6) is -1.76. The average molecular weight is 345 g/mol. The van der Waals surface area contributed by atoms with E-state index in [0.717, 1.165) is 0 Å². The van der Waals surface area contributed by atoms with Crippen molar-refractivity contribution in [2.45, 2.75) is 0 Å². The molecule has 2 aromatic carbocycles. The molecule has 1 amide bonds. The van der Waals surface area contributed by atoms with Crippen LogP contribution in [0.25, 0.3) is 0 Å². The molecule has 6 heteroatoms. The Hall–Kier alpha value is -2.65. The van der Waals surface area contributed by atoms with Crippen molar-refractivity contribution in [2.75, 3.05) is 5.32 Å². The highest BCUT2D eigenvalue weighted by atomic mass is 79.9. The van der Waals surface area contributed by atoms with Gasteiger partial charge in [0.1, 0.15) is 6.07 Å². The van der Waals surface area contributed by atoms with Gasteiger partial charge in [-0.25, -0.2) is 4.79 Å². The zero-order valence-electron chi connectivity index (χ0n) is 10.6. The maximum atomic E-state index is 12.2. The van der Waals surface area contributed by atoms with Crippen molar-refractivity contribution in [3.05, 3.63) is 63.6 Å². The highest BCUT2D eigenvalue weighted by Crippen LogP contribution is 2.21. The molecular formula is C15H9BrN2O3. The first-order valence-electron chi connectivity index (χ1n) is 5.86. The number of nitriles is 1. The van der Waals surface area contributed by atoms with E-state index in [2.05, 4.69) is 21.2 Å². The molecule has 21 heavy (non-hydrogen) atoms. The fraction of sp³-hybridized carbons (Fsp3) is 0. The number of aromatic carboxylic acids is 1. The van der Waals surface area contributed by atoms with Crippen molar-refractivity contribution in [3.8, 4) is 6.07 Å². The maximum absolute atomic E-state index is 12.2. The van der Waals surface area contributed by atoms with Gasteiger partial charge in [0.25, 0.3) is 5.91 Å². The van der Waals surface area contributed by atoms with E-state index in [1.807, 2.05) is 6.07 Å².